The molecule has 1 aromatic carbocycles. The van der Waals surface area contributed by atoms with Crippen LogP contribution < -0.4 is 0 Å². The van der Waals surface area contributed by atoms with Crippen LogP contribution >= 0.6 is 23.4 Å². The molecule has 1 aromatic heterocycles. The summed E-state index contributed by atoms with van der Waals surface area (Å²) in [5, 5.41) is 21.9. The van der Waals surface area contributed by atoms with Crippen molar-refractivity contribution in [2.45, 2.75) is 41.8 Å². The standard InChI is InChI=1S/C13H13ClN4O2S/c14-10-7-8(12(19)20)5-6-11(10)21-13-15-16-17-18(13)9-3-1-2-4-9/h5-7,9H,1-4H2,(H,19,20). The van der Waals surface area contributed by atoms with Gasteiger partial charge >= 0.3 is 5.97 Å². The highest BCUT2D eigenvalue weighted by Gasteiger charge is 2.22. The summed E-state index contributed by atoms with van der Waals surface area (Å²) in [6.45, 7) is 0. The SMILES string of the molecule is O=C(O)c1ccc(Sc2nnnn2C2CCCC2)c(Cl)c1. The molecule has 21 heavy (non-hydrogen) atoms. The van der Waals surface area contributed by atoms with Crippen molar-refractivity contribution in [1.82, 2.24) is 20.2 Å². The Bertz CT molecular complexity index is 670. The third kappa shape index (κ3) is 3.03. The van der Waals surface area contributed by atoms with Crippen molar-refractivity contribution in [3.63, 3.8) is 0 Å². The first-order valence-corrected chi connectivity index (χ1v) is 7.83. The second kappa shape index (κ2) is 6.03. The Balaban J connectivity index is 1.84. The molecule has 1 N–H and O–H groups in total. The predicted molar refractivity (Wildman–Crippen MR) is 77.9 cm³/mol. The summed E-state index contributed by atoms with van der Waals surface area (Å²) in [6.07, 6.45) is 4.57. The van der Waals surface area contributed by atoms with E-state index in [2.05, 4.69) is 15.5 Å². The van der Waals surface area contributed by atoms with E-state index < -0.39 is 5.97 Å². The van der Waals surface area contributed by atoms with Crippen molar-refractivity contribution >= 4 is 29.3 Å². The third-order valence-electron chi connectivity index (χ3n) is 3.51. The molecular weight excluding hydrogens is 312 g/mol. The average molecular weight is 325 g/mol. The summed E-state index contributed by atoms with van der Waals surface area (Å²) < 4.78 is 1.85. The zero-order chi connectivity index (χ0) is 14.8. The first-order chi connectivity index (χ1) is 10.1. The fraction of sp³-hybridized carbons (Fsp3) is 0.385. The summed E-state index contributed by atoms with van der Waals surface area (Å²) in [6, 6.07) is 5.00. The van der Waals surface area contributed by atoms with Crippen LogP contribution in [0.2, 0.25) is 5.02 Å². The Labute approximate surface area is 130 Å². The number of hydrogen-bond acceptors (Lipinski definition) is 5. The van der Waals surface area contributed by atoms with Crippen LogP contribution in [0.3, 0.4) is 0 Å². The summed E-state index contributed by atoms with van der Waals surface area (Å²) in [4.78, 5) is 11.7. The van der Waals surface area contributed by atoms with Crippen molar-refractivity contribution < 1.29 is 9.90 Å². The number of aromatic carboxylic acids is 1. The molecule has 0 radical (unpaired) electrons. The van der Waals surface area contributed by atoms with E-state index in [1.807, 2.05) is 4.68 Å². The highest BCUT2D eigenvalue weighted by molar-refractivity contribution is 7.99. The molecule has 1 saturated carbocycles. The van der Waals surface area contributed by atoms with E-state index in [9.17, 15) is 4.79 Å². The van der Waals surface area contributed by atoms with E-state index in [4.69, 9.17) is 16.7 Å². The number of benzene rings is 1. The van der Waals surface area contributed by atoms with Gasteiger partial charge in [-0.3, -0.25) is 0 Å². The van der Waals surface area contributed by atoms with E-state index in [-0.39, 0.29) is 5.56 Å². The Morgan fingerprint density at radius 3 is 2.81 bits per heavy atom. The zero-order valence-electron chi connectivity index (χ0n) is 11.1. The molecule has 1 heterocycles. The molecule has 110 valence electrons. The first-order valence-electron chi connectivity index (χ1n) is 6.63. The van der Waals surface area contributed by atoms with Crippen molar-refractivity contribution in [3.8, 4) is 0 Å². The van der Waals surface area contributed by atoms with Gasteiger partial charge in [0.05, 0.1) is 16.6 Å². The van der Waals surface area contributed by atoms with E-state index in [1.54, 1.807) is 6.07 Å². The van der Waals surface area contributed by atoms with E-state index in [1.165, 1.54) is 36.7 Å². The molecule has 1 aliphatic carbocycles. The minimum atomic E-state index is -0.996. The van der Waals surface area contributed by atoms with E-state index >= 15 is 0 Å². The van der Waals surface area contributed by atoms with E-state index in [0.29, 0.717) is 16.2 Å². The van der Waals surface area contributed by atoms with Gasteiger partial charge in [0.1, 0.15) is 0 Å². The van der Waals surface area contributed by atoms with Gasteiger partial charge in [-0.05, 0) is 53.2 Å². The molecule has 0 bridgehead atoms. The van der Waals surface area contributed by atoms with Crippen molar-refractivity contribution in [1.29, 1.82) is 0 Å². The van der Waals surface area contributed by atoms with Crippen LogP contribution in [0.15, 0.2) is 28.3 Å². The molecule has 0 atom stereocenters. The van der Waals surface area contributed by atoms with Gasteiger partial charge in [-0.15, -0.1) is 5.10 Å². The lowest BCUT2D eigenvalue weighted by Crippen LogP contribution is -2.08. The Morgan fingerprint density at radius 2 is 2.14 bits per heavy atom. The number of carbonyl (C=O) groups is 1. The normalized spacial score (nSPS) is 15.5. The van der Waals surface area contributed by atoms with Crippen LogP contribution in [0.25, 0.3) is 0 Å². The topological polar surface area (TPSA) is 80.9 Å². The largest absolute Gasteiger partial charge is 0.478 e. The van der Waals surface area contributed by atoms with Gasteiger partial charge in [-0.1, -0.05) is 24.4 Å². The maximum absolute atomic E-state index is 10.9. The third-order valence-corrected chi connectivity index (χ3v) is 4.97. The van der Waals surface area contributed by atoms with E-state index in [0.717, 1.165) is 17.7 Å². The number of nitrogens with zero attached hydrogens (tertiary/aromatic N) is 4. The predicted octanol–water partition coefficient (Wildman–Crippen LogP) is 3.29. The molecule has 0 spiro atoms. The smallest absolute Gasteiger partial charge is 0.335 e. The van der Waals surface area contributed by atoms with Gasteiger partial charge in [-0.2, -0.15) is 0 Å². The molecule has 6 nitrogen and oxygen atoms in total. The number of halogens is 1. The molecule has 2 aromatic rings. The lowest BCUT2D eigenvalue weighted by Gasteiger charge is -2.11. The van der Waals surface area contributed by atoms with Crippen LogP contribution in [-0.2, 0) is 0 Å². The van der Waals surface area contributed by atoms with Crippen LogP contribution in [0.5, 0.6) is 0 Å². The molecule has 1 fully saturated rings. The number of carboxylic acids is 1. The summed E-state index contributed by atoms with van der Waals surface area (Å²) >= 11 is 7.50. The molecule has 0 amide bonds. The van der Waals surface area contributed by atoms with Crippen molar-refractivity contribution in [2.24, 2.45) is 0 Å². The number of hydrogen-bond donors (Lipinski definition) is 1. The second-order valence-corrected chi connectivity index (χ2v) is 6.31. The highest BCUT2D eigenvalue weighted by Crippen LogP contribution is 2.36. The molecule has 1 aliphatic rings. The maximum atomic E-state index is 10.9. The lowest BCUT2D eigenvalue weighted by molar-refractivity contribution is 0.0697. The number of carboxylic acid groups (broad SMARTS) is 1. The summed E-state index contributed by atoms with van der Waals surface area (Å²) in [5.74, 6) is -0.996. The van der Waals surface area contributed by atoms with Gasteiger partial charge in [0.15, 0.2) is 0 Å². The van der Waals surface area contributed by atoms with Gasteiger partial charge in [0.2, 0.25) is 5.16 Å². The zero-order valence-corrected chi connectivity index (χ0v) is 12.6. The van der Waals surface area contributed by atoms with Gasteiger partial charge in [0, 0.05) is 4.90 Å². The molecule has 0 unspecified atom stereocenters. The lowest BCUT2D eigenvalue weighted by atomic mass is 10.2. The fourth-order valence-corrected chi connectivity index (χ4v) is 3.59. The summed E-state index contributed by atoms with van der Waals surface area (Å²) in [5.41, 5.74) is 0.166. The summed E-state index contributed by atoms with van der Waals surface area (Å²) in [7, 11) is 0. The van der Waals surface area contributed by atoms with Gasteiger partial charge in [-0.25, -0.2) is 9.48 Å². The monoisotopic (exact) mass is 324 g/mol. The second-order valence-electron chi connectivity index (χ2n) is 4.90. The average Bonchev–Trinajstić information content (AvgIpc) is 3.11. The Morgan fingerprint density at radius 1 is 1.38 bits per heavy atom. The maximum Gasteiger partial charge on any atom is 0.335 e. The highest BCUT2D eigenvalue weighted by atomic mass is 35.5. The van der Waals surface area contributed by atoms with Crippen LogP contribution in [0.4, 0.5) is 0 Å². The molecule has 0 aliphatic heterocycles. The van der Waals surface area contributed by atoms with Crippen LogP contribution in [0.1, 0.15) is 42.1 Å². The number of tetrazole rings is 1. The molecular formula is C13H13ClN4O2S. The van der Waals surface area contributed by atoms with Gasteiger partial charge < -0.3 is 5.11 Å². The molecule has 3 rings (SSSR count). The first kappa shape index (κ1) is 14.3. The number of aromatic nitrogens is 4. The van der Waals surface area contributed by atoms with Crippen molar-refractivity contribution in [3.05, 3.63) is 28.8 Å². The fourth-order valence-electron chi connectivity index (χ4n) is 2.45. The minimum Gasteiger partial charge on any atom is -0.478 e. The van der Waals surface area contributed by atoms with Gasteiger partial charge in [0.25, 0.3) is 0 Å². The molecule has 0 saturated heterocycles. The van der Waals surface area contributed by atoms with Crippen LogP contribution in [-0.4, -0.2) is 31.3 Å². The van der Waals surface area contributed by atoms with Crippen molar-refractivity contribution in [2.75, 3.05) is 0 Å². The molecule has 8 heteroatoms. The number of rotatable bonds is 4. The Kier molecular flexibility index (Phi) is 4.12. The Hall–Kier alpha value is -1.60. The van der Waals surface area contributed by atoms with Crippen LogP contribution in [0, 0.1) is 0 Å². The minimum absolute atomic E-state index is 0.166. The quantitative estimate of drug-likeness (QED) is 0.929.